The van der Waals surface area contributed by atoms with Crippen LogP contribution in [0.4, 0.5) is 17.6 Å². The highest BCUT2D eigenvalue weighted by molar-refractivity contribution is 6.32. The lowest BCUT2D eigenvalue weighted by Crippen LogP contribution is -2.26. The van der Waals surface area contributed by atoms with Gasteiger partial charge in [0.05, 0.1) is 22.8 Å². The van der Waals surface area contributed by atoms with E-state index in [9.17, 15) is 17.6 Å². The average Bonchev–Trinajstić information content (AvgIpc) is 2.60. The lowest BCUT2D eigenvalue weighted by Gasteiger charge is -2.28. The van der Waals surface area contributed by atoms with Gasteiger partial charge < -0.3 is 4.90 Å². The molecule has 1 aromatic carbocycles. The van der Waals surface area contributed by atoms with Crippen LogP contribution >= 0.6 is 11.6 Å². The second kappa shape index (κ2) is 11.2. The third-order valence-corrected chi connectivity index (χ3v) is 4.47. The molecule has 1 unspecified atom stereocenters. The Morgan fingerprint density at radius 3 is 2.37 bits per heavy atom. The summed E-state index contributed by atoms with van der Waals surface area (Å²) in [6.07, 6.45) is 1.66. The minimum Gasteiger partial charge on any atom is -0.368 e. The average molecular weight is 404 g/mol. The molecular formula is C21H26ClF4N. The fraction of sp³-hybridized carbons (Fsp3) is 0.429. The Morgan fingerprint density at radius 2 is 1.89 bits per heavy atom. The fourth-order valence-corrected chi connectivity index (χ4v) is 3.11. The predicted molar refractivity (Wildman–Crippen MR) is 105 cm³/mol. The van der Waals surface area contributed by atoms with Crippen molar-refractivity contribution < 1.29 is 17.6 Å². The molecule has 0 aliphatic rings. The first-order valence-electron chi connectivity index (χ1n) is 8.86. The highest BCUT2D eigenvalue weighted by Crippen LogP contribution is 2.36. The van der Waals surface area contributed by atoms with Gasteiger partial charge in [-0.05, 0) is 43.5 Å². The second-order valence-electron chi connectivity index (χ2n) is 6.15. The Morgan fingerprint density at radius 1 is 1.22 bits per heavy atom. The van der Waals surface area contributed by atoms with Gasteiger partial charge in [0.2, 0.25) is 0 Å². The first-order valence-corrected chi connectivity index (χ1v) is 9.24. The quantitative estimate of drug-likeness (QED) is 0.315. The van der Waals surface area contributed by atoms with Gasteiger partial charge in [-0.15, -0.1) is 0 Å². The first kappa shape index (κ1) is 23.3. The Balaban J connectivity index is 3.84. The maximum absolute atomic E-state index is 14.7. The maximum atomic E-state index is 14.7. The number of hydrogen-bond acceptors (Lipinski definition) is 1. The Kier molecular flexibility index (Phi) is 9.64. The molecule has 0 saturated heterocycles. The van der Waals surface area contributed by atoms with Crippen LogP contribution < -0.4 is 0 Å². The largest absolute Gasteiger partial charge is 0.368 e. The van der Waals surface area contributed by atoms with Crippen LogP contribution in [0.2, 0.25) is 5.02 Å². The zero-order valence-electron chi connectivity index (χ0n) is 16.1. The summed E-state index contributed by atoms with van der Waals surface area (Å²) in [6, 6.07) is 4.15. The van der Waals surface area contributed by atoms with Crippen LogP contribution in [-0.2, 0) is 0 Å². The predicted octanol–water partition coefficient (Wildman–Crippen LogP) is 7.05. The summed E-state index contributed by atoms with van der Waals surface area (Å²) >= 11 is 6.22. The lowest BCUT2D eigenvalue weighted by molar-refractivity contribution is 0.120. The van der Waals surface area contributed by atoms with Gasteiger partial charge in [0, 0.05) is 13.5 Å². The maximum Gasteiger partial charge on any atom is 0.255 e. The van der Waals surface area contributed by atoms with Crippen molar-refractivity contribution in [3.63, 3.8) is 0 Å². The Hall–Kier alpha value is -1.75. The summed E-state index contributed by atoms with van der Waals surface area (Å²) in [5.41, 5.74) is 1.27. The molecule has 0 heterocycles. The van der Waals surface area contributed by atoms with Crippen LogP contribution in [0.5, 0.6) is 0 Å². The van der Waals surface area contributed by atoms with Gasteiger partial charge in [-0.3, -0.25) is 0 Å². The minimum atomic E-state index is -2.64. The van der Waals surface area contributed by atoms with Crippen LogP contribution in [0.1, 0.15) is 39.2 Å². The van der Waals surface area contributed by atoms with E-state index in [2.05, 4.69) is 0 Å². The molecule has 0 amide bonds. The van der Waals surface area contributed by atoms with Crippen molar-refractivity contribution in [2.24, 2.45) is 0 Å². The van der Waals surface area contributed by atoms with Crippen molar-refractivity contribution in [1.29, 1.82) is 0 Å². The Labute approximate surface area is 164 Å². The van der Waals surface area contributed by atoms with E-state index in [0.29, 0.717) is 11.1 Å². The van der Waals surface area contributed by atoms with Gasteiger partial charge in [0.1, 0.15) is 12.0 Å². The molecule has 0 aliphatic carbocycles. The van der Waals surface area contributed by atoms with E-state index in [1.165, 1.54) is 30.1 Å². The molecule has 150 valence electrons. The molecule has 1 nitrogen and oxygen atoms in total. The van der Waals surface area contributed by atoms with Crippen LogP contribution in [0, 0.1) is 5.82 Å². The van der Waals surface area contributed by atoms with Crippen LogP contribution in [0.25, 0.3) is 5.70 Å². The van der Waals surface area contributed by atoms with Crippen molar-refractivity contribution in [2.75, 3.05) is 13.6 Å². The van der Waals surface area contributed by atoms with Crippen molar-refractivity contribution >= 4 is 17.3 Å². The van der Waals surface area contributed by atoms with Gasteiger partial charge in [0.15, 0.2) is 0 Å². The molecule has 0 N–H and O–H groups in total. The van der Waals surface area contributed by atoms with Crippen molar-refractivity contribution in [3.05, 3.63) is 64.0 Å². The van der Waals surface area contributed by atoms with Gasteiger partial charge in [0.25, 0.3) is 6.43 Å². The molecule has 0 bridgehead atoms. The molecule has 1 atom stereocenters. The van der Waals surface area contributed by atoms with E-state index < -0.39 is 25.0 Å². The van der Waals surface area contributed by atoms with Gasteiger partial charge in [-0.2, -0.15) is 0 Å². The number of halogens is 5. The van der Waals surface area contributed by atoms with E-state index in [1.54, 1.807) is 39.0 Å². The van der Waals surface area contributed by atoms with E-state index in [4.69, 9.17) is 11.6 Å². The lowest BCUT2D eigenvalue weighted by atomic mass is 9.92. The molecule has 27 heavy (non-hydrogen) atoms. The number of allylic oxidation sites excluding steroid dienone is 5. The third-order valence-electron chi connectivity index (χ3n) is 4.15. The number of rotatable bonds is 9. The number of hydrogen-bond donors (Lipinski definition) is 0. The molecule has 1 rings (SSSR count). The molecule has 0 aliphatic heterocycles. The minimum absolute atomic E-state index is 0.00414. The Bertz CT molecular complexity index is 690. The third kappa shape index (κ3) is 6.42. The van der Waals surface area contributed by atoms with Crippen LogP contribution in [0.15, 0.2) is 47.6 Å². The summed E-state index contributed by atoms with van der Waals surface area (Å²) < 4.78 is 55.2. The second-order valence-corrected chi connectivity index (χ2v) is 6.56. The monoisotopic (exact) mass is 403 g/mol. The summed E-state index contributed by atoms with van der Waals surface area (Å²) in [5, 5.41) is 0.0893. The SMILES string of the molecule is C\C=C/C(=C\C)C(/CC(F)CC)=C(\c1c(F)cccc1Cl)N(C)CC(F)F. The summed E-state index contributed by atoms with van der Waals surface area (Å²) in [7, 11) is 1.44. The smallest absolute Gasteiger partial charge is 0.255 e. The highest BCUT2D eigenvalue weighted by atomic mass is 35.5. The fourth-order valence-electron chi connectivity index (χ4n) is 2.86. The zero-order chi connectivity index (χ0) is 20.6. The highest BCUT2D eigenvalue weighted by Gasteiger charge is 2.25. The molecule has 0 saturated carbocycles. The van der Waals surface area contributed by atoms with E-state index in [-0.39, 0.29) is 29.1 Å². The van der Waals surface area contributed by atoms with Crippen LogP contribution in [-0.4, -0.2) is 31.1 Å². The van der Waals surface area contributed by atoms with Gasteiger partial charge >= 0.3 is 0 Å². The van der Waals surface area contributed by atoms with Crippen LogP contribution in [0.3, 0.4) is 0 Å². The van der Waals surface area contributed by atoms with E-state index in [0.717, 1.165) is 0 Å². The van der Waals surface area contributed by atoms with E-state index in [1.807, 2.05) is 0 Å². The molecule has 0 spiro atoms. The normalized spacial score (nSPS) is 14.7. The molecule has 0 radical (unpaired) electrons. The van der Waals surface area contributed by atoms with Crippen molar-refractivity contribution in [3.8, 4) is 0 Å². The number of nitrogens with zero attached hydrogens (tertiary/aromatic N) is 1. The zero-order valence-corrected chi connectivity index (χ0v) is 16.8. The molecule has 1 aromatic rings. The standard InChI is InChI=1S/C21H26ClF4N/c1-5-9-14(6-2)16(12-15(23)7-3)21(27(4)13-19(25)26)20-17(22)10-8-11-18(20)24/h5-6,8-11,15,19H,7,12-13H2,1-4H3/b9-5-,14-6+,21-16+. The van der Waals surface area contributed by atoms with E-state index >= 15 is 0 Å². The molecule has 6 heteroatoms. The topological polar surface area (TPSA) is 3.24 Å². The number of benzene rings is 1. The molecule has 0 aromatic heterocycles. The van der Waals surface area contributed by atoms with Gasteiger partial charge in [-0.25, -0.2) is 17.6 Å². The van der Waals surface area contributed by atoms with Gasteiger partial charge in [-0.1, -0.05) is 42.8 Å². The first-order chi connectivity index (χ1) is 12.8. The molecular weight excluding hydrogens is 378 g/mol. The summed E-state index contributed by atoms with van der Waals surface area (Å²) in [4.78, 5) is 1.25. The summed E-state index contributed by atoms with van der Waals surface area (Å²) in [5.74, 6) is -0.640. The summed E-state index contributed by atoms with van der Waals surface area (Å²) in [6.45, 7) is 4.64. The van der Waals surface area contributed by atoms with Crippen molar-refractivity contribution in [2.45, 2.75) is 46.2 Å². The molecule has 0 fully saturated rings. The number of alkyl halides is 3. The van der Waals surface area contributed by atoms with Crippen molar-refractivity contribution in [1.82, 2.24) is 4.90 Å².